The Morgan fingerprint density at radius 2 is 0.732 bits per heavy atom. The van der Waals surface area contributed by atoms with Crippen LogP contribution in [0.4, 0.5) is 0 Å². The third kappa shape index (κ3) is 8.27. The predicted molar refractivity (Wildman–Crippen MR) is 292 cm³/mol. The van der Waals surface area contributed by atoms with Gasteiger partial charge in [0.2, 0.25) is 0 Å². The zero-order chi connectivity index (χ0) is 48.0. The van der Waals surface area contributed by atoms with E-state index in [0.717, 1.165) is 132 Å². The van der Waals surface area contributed by atoms with Crippen molar-refractivity contribution in [2.24, 2.45) is 11.8 Å². The Morgan fingerprint density at radius 1 is 0.408 bits per heavy atom. The van der Waals surface area contributed by atoms with Crippen LogP contribution in [0, 0.1) is 25.7 Å². The first kappa shape index (κ1) is 44.7. The number of nitrogens with zero attached hydrogens (tertiary/aromatic N) is 2. The van der Waals surface area contributed by atoms with Gasteiger partial charge in [0.05, 0.1) is 33.4 Å². The van der Waals surface area contributed by atoms with Crippen molar-refractivity contribution < 1.29 is 19.7 Å². The number of para-hydroxylation sites is 6. The van der Waals surface area contributed by atoms with Crippen LogP contribution in [0.15, 0.2) is 170 Å². The van der Waals surface area contributed by atoms with Crippen molar-refractivity contribution in [2.75, 3.05) is 0 Å². The number of hydrogen-bond donors (Lipinski definition) is 2. The average Bonchev–Trinajstić information content (AvgIpc) is 3.93. The molecule has 356 valence electrons. The van der Waals surface area contributed by atoms with Crippen LogP contribution in [0.25, 0.3) is 77.2 Å². The number of benzene rings is 8. The van der Waals surface area contributed by atoms with Crippen LogP contribution >= 0.6 is 0 Å². The maximum absolute atomic E-state index is 12.5. The summed E-state index contributed by atoms with van der Waals surface area (Å²) < 4.78 is 19.4. The average molecular weight is 935 g/mol. The van der Waals surface area contributed by atoms with E-state index in [-0.39, 0.29) is 23.7 Å². The molecule has 2 atom stereocenters. The van der Waals surface area contributed by atoms with Crippen molar-refractivity contribution in [3.8, 4) is 56.6 Å². The van der Waals surface area contributed by atoms with Gasteiger partial charge in [-0.15, -0.1) is 0 Å². The smallest absolute Gasteiger partial charge is 0.147 e. The van der Waals surface area contributed by atoms with Crippen LogP contribution in [0.3, 0.4) is 0 Å². The molecular weight excluding hydrogens is 873 g/mol. The molecule has 0 radical (unpaired) electrons. The van der Waals surface area contributed by atoms with Crippen molar-refractivity contribution >= 4 is 43.6 Å². The number of phenols is 2. The zero-order valence-corrected chi connectivity index (χ0v) is 40.9. The molecule has 6 heteroatoms. The van der Waals surface area contributed by atoms with E-state index in [2.05, 4.69) is 193 Å². The van der Waals surface area contributed by atoms with Crippen LogP contribution in [-0.4, -0.2) is 31.6 Å². The molecule has 0 saturated heterocycles. The predicted octanol–water partition coefficient (Wildman–Crippen LogP) is 17.0. The van der Waals surface area contributed by atoms with E-state index in [9.17, 15) is 10.2 Å². The number of fused-ring (bicyclic) bond motifs is 6. The molecule has 8 aromatic carbocycles. The number of aryl methyl sites for hydroxylation is 2. The second-order valence-corrected chi connectivity index (χ2v) is 20.4. The van der Waals surface area contributed by atoms with E-state index in [1.165, 1.54) is 38.5 Å². The molecule has 2 fully saturated rings. The van der Waals surface area contributed by atoms with Gasteiger partial charge in [0, 0.05) is 50.2 Å². The number of aromatic hydroxyl groups is 2. The summed E-state index contributed by atoms with van der Waals surface area (Å²) in [6.07, 6.45) is 12.2. The van der Waals surface area contributed by atoms with Gasteiger partial charge < -0.3 is 28.8 Å². The lowest BCUT2D eigenvalue weighted by atomic mass is 9.78. The molecule has 0 bridgehead atoms. The van der Waals surface area contributed by atoms with E-state index in [1.807, 2.05) is 0 Å². The van der Waals surface area contributed by atoms with Crippen molar-refractivity contribution in [1.29, 1.82) is 0 Å². The summed E-state index contributed by atoms with van der Waals surface area (Å²) >= 11 is 0. The second kappa shape index (κ2) is 19.0. The molecule has 2 aliphatic carbocycles. The summed E-state index contributed by atoms with van der Waals surface area (Å²) in [4.78, 5) is 0. The number of hydrogen-bond acceptors (Lipinski definition) is 4. The minimum Gasteiger partial charge on any atom is -0.505 e. The molecule has 2 saturated carbocycles. The van der Waals surface area contributed by atoms with E-state index >= 15 is 0 Å². The molecule has 2 aromatic heterocycles. The van der Waals surface area contributed by atoms with E-state index in [0.29, 0.717) is 11.8 Å². The Balaban J connectivity index is 0.923. The molecule has 71 heavy (non-hydrogen) atoms. The summed E-state index contributed by atoms with van der Waals surface area (Å²) in [7, 11) is 0. The molecule has 10 aromatic rings. The third-order valence-electron chi connectivity index (χ3n) is 15.8. The quantitative estimate of drug-likeness (QED) is 0.128. The highest BCUT2D eigenvalue weighted by molar-refractivity contribution is 6.10. The number of phenolic OH excluding ortho intramolecular Hbond substituents is 2. The second-order valence-electron chi connectivity index (χ2n) is 20.4. The fraction of sp³-hybridized carbons (Fsp3) is 0.262. The zero-order valence-electron chi connectivity index (χ0n) is 40.9. The molecule has 0 amide bonds. The van der Waals surface area contributed by atoms with Crippen molar-refractivity contribution in [3.63, 3.8) is 0 Å². The first-order valence-electron chi connectivity index (χ1n) is 26.1. The SMILES string of the molecule is Cc1cc(-c2ccccc2O[C@@H](C[C@H](Oc2ccccc2-c2cc(C)cc(-n3c4ccccc4c4ccccc43)c2O)C2CCCCC2)C2CCCCC2)c(O)c(-n2c3ccccc3c3ccccc32)c1. The number of ether oxygens (including phenoxy) is 2. The monoisotopic (exact) mass is 934 g/mol. The molecule has 0 unspecified atom stereocenters. The Kier molecular flexibility index (Phi) is 12.0. The first-order chi connectivity index (χ1) is 34.9. The Bertz CT molecular complexity index is 3230. The van der Waals surface area contributed by atoms with Gasteiger partial charge in [-0.05, 0) is 123 Å². The Morgan fingerprint density at radius 3 is 1.10 bits per heavy atom. The van der Waals surface area contributed by atoms with Gasteiger partial charge in [-0.3, -0.25) is 0 Å². The standard InChI is InChI=1S/C65H62N2O4/c1-42-37-52(64(68)58(39-42)66-54-31-15-9-25-46(54)47-26-10-16-32-55(47)66)50-29-13-19-35-60(50)70-62(44-21-5-3-6-22-44)41-63(45-23-7-4-8-24-45)71-61-36-20-14-30-51(61)53-38-43(2)40-59(65(53)69)67-56-33-17-11-27-48(56)49-28-12-18-34-57(49)67/h9-20,25-40,44-45,62-63,68-69H,3-8,21-24,41H2,1-2H3/t62-,63-/m0/s1. The minimum absolute atomic E-state index is 0.117. The first-order valence-corrected chi connectivity index (χ1v) is 26.1. The molecule has 6 nitrogen and oxygen atoms in total. The molecule has 2 heterocycles. The Hall–Kier alpha value is -7.44. The van der Waals surface area contributed by atoms with E-state index in [4.69, 9.17) is 9.47 Å². The molecular formula is C65H62N2O4. The lowest BCUT2D eigenvalue weighted by Gasteiger charge is -2.37. The molecule has 0 spiro atoms. The van der Waals surface area contributed by atoms with Crippen LogP contribution in [0.2, 0.25) is 0 Å². The molecule has 2 N–H and O–H groups in total. The number of aromatic nitrogens is 2. The van der Waals surface area contributed by atoms with Gasteiger partial charge in [-0.2, -0.15) is 0 Å². The van der Waals surface area contributed by atoms with Crippen molar-refractivity contribution in [2.45, 2.75) is 96.7 Å². The topological polar surface area (TPSA) is 68.8 Å². The highest BCUT2D eigenvalue weighted by atomic mass is 16.5. The summed E-state index contributed by atoms with van der Waals surface area (Å²) in [5.74, 6) is 2.73. The summed E-state index contributed by atoms with van der Waals surface area (Å²) in [5.41, 5.74) is 11.1. The molecule has 0 aliphatic heterocycles. The third-order valence-corrected chi connectivity index (χ3v) is 15.8. The van der Waals surface area contributed by atoms with Crippen LogP contribution in [-0.2, 0) is 0 Å². The lowest BCUT2D eigenvalue weighted by molar-refractivity contribution is 0.0256. The van der Waals surface area contributed by atoms with Crippen LogP contribution in [0.5, 0.6) is 23.0 Å². The fourth-order valence-corrected chi connectivity index (χ4v) is 12.5. The maximum Gasteiger partial charge on any atom is 0.147 e. The fourth-order valence-electron chi connectivity index (χ4n) is 12.5. The highest BCUT2D eigenvalue weighted by Crippen LogP contribution is 2.47. The summed E-state index contributed by atoms with van der Waals surface area (Å²) in [5, 5.41) is 29.7. The maximum atomic E-state index is 12.5. The van der Waals surface area contributed by atoms with Gasteiger partial charge in [0.1, 0.15) is 35.2 Å². The minimum atomic E-state index is -0.117. The van der Waals surface area contributed by atoms with Crippen molar-refractivity contribution in [3.05, 3.63) is 181 Å². The molecule has 2 aliphatic rings. The largest absolute Gasteiger partial charge is 0.505 e. The summed E-state index contributed by atoms with van der Waals surface area (Å²) in [6, 6.07) is 58.8. The van der Waals surface area contributed by atoms with E-state index in [1.54, 1.807) is 0 Å². The van der Waals surface area contributed by atoms with E-state index < -0.39 is 0 Å². The highest BCUT2D eigenvalue weighted by Gasteiger charge is 2.35. The summed E-state index contributed by atoms with van der Waals surface area (Å²) in [6.45, 7) is 4.22. The van der Waals surface area contributed by atoms with Crippen molar-refractivity contribution in [1.82, 2.24) is 9.13 Å². The van der Waals surface area contributed by atoms with Crippen LogP contribution in [0.1, 0.15) is 81.8 Å². The van der Waals surface area contributed by atoms with Gasteiger partial charge in [-0.1, -0.05) is 148 Å². The molecule has 12 rings (SSSR count). The lowest BCUT2D eigenvalue weighted by Crippen LogP contribution is -2.38. The van der Waals surface area contributed by atoms with Gasteiger partial charge in [-0.25, -0.2) is 0 Å². The normalized spacial score (nSPS) is 15.7. The van der Waals surface area contributed by atoms with Gasteiger partial charge >= 0.3 is 0 Å². The number of rotatable bonds is 12. The van der Waals surface area contributed by atoms with Gasteiger partial charge in [0.25, 0.3) is 0 Å². The Labute approximate surface area is 416 Å². The van der Waals surface area contributed by atoms with Gasteiger partial charge in [0.15, 0.2) is 0 Å². The van der Waals surface area contributed by atoms with Crippen LogP contribution < -0.4 is 9.47 Å².